The molecule has 1 fully saturated rings. The highest BCUT2D eigenvalue weighted by Gasteiger charge is 2.21. The highest BCUT2D eigenvalue weighted by Crippen LogP contribution is 2.28. The number of hydrogen-bond acceptors (Lipinski definition) is 4. The number of fused-ring (bicyclic) bond motifs is 1. The van der Waals surface area contributed by atoms with Crippen molar-refractivity contribution in [3.05, 3.63) is 29.3 Å². The fraction of sp³-hybridized carbons (Fsp3) is 0.611. The number of rotatable bonds is 8. The first kappa shape index (κ1) is 18.5. The number of amides is 1. The Kier molecular flexibility index (Phi) is 7.24. The number of carbonyl (C=O) groups excluding carboxylic acids is 1. The second kappa shape index (κ2) is 9.40. The quantitative estimate of drug-likeness (QED) is 0.281. The van der Waals surface area contributed by atoms with Crippen molar-refractivity contribution in [2.45, 2.75) is 24.3 Å². The molecule has 1 N–H and O–H groups in total. The number of carbonyl (C=O) groups is 1. The third-order valence-electron chi connectivity index (χ3n) is 4.75. The molecule has 0 saturated carbocycles. The van der Waals surface area contributed by atoms with Crippen LogP contribution in [0.3, 0.4) is 0 Å². The molecule has 0 unspecified atom stereocenters. The summed E-state index contributed by atoms with van der Waals surface area (Å²) in [5, 5.41) is 2.92. The maximum Gasteiger partial charge on any atom is 0.251 e. The van der Waals surface area contributed by atoms with Gasteiger partial charge in [-0.15, -0.1) is 11.8 Å². The van der Waals surface area contributed by atoms with Crippen molar-refractivity contribution in [1.82, 2.24) is 15.1 Å². The monoisotopic (exact) mass is 459 g/mol. The maximum atomic E-state index is 11.7. The highest BCUT2D eigenvalue weighted by molar-refractivity contribution is 14.1. The van der Waals surface area contributed by atoms with Crippen molar-refractivity contribution in [2.24, 2.45) is 0 Å². The van der Waals surface area contributed by atoms with Gasteiger partial charge in [0.05, 0.1) is 0 Å². The third-order valence-corrected chi connectivity index (χ3v) is 6.70. The Morgan fingerprint density at radius 3 is 2.50 bits per heavy atom. The van der Waals surface area contributed by atoms with E-state index in [1.807, 2.05) is 23.9 Å². The zero-order valence-electron chi connectivity index (χ0n) is 14.1. The predicted molar refractivity (Wildman–Crippen MR) is 109 cm³/mol. The van der Waals surface area contributed by atoms with Gasteiger partial charge < -0.3 is 15.1 Å². The van der Waals surface area contributed by atoms with Gasteiger partial charge in [0.15, 0.2) is 0 Å². The molecule has 0 aliphatic carbocycles. The maximum absolute atomic E-state index is 11.7. The fourth-order valence-corrected chi connectivity index (χ4v) is 4.72. The number of piperazine rings is 1. The van der Waals surface area contributed by atoms with Crippen LogP contribution in [0.15, 0.2) is 23.1 Å². The SMILES string of the molecule is O=C1NCc2c(SCCCN3CCN(CCCI)CC3)cccc21. The fourth-order valence-electron chi connectivity index (χ4n) is 3.35. The molecule has 0 aromatic heterocycles. The van der Waals surface area contributed by atoms with Crippen molar-refractivity contribution >= 4 is 40.3 Å². The van der Waals surface area contributed by atoms with E-state index in [0.29, 0.717) is 6.54 Å². The Labute approximate surface area is 162 Å². The molecule has 1 saturated heterocycles. The molecule has 0 radical (unpaired) electrons. The second-order valence-corrected chi connectivity index (χ2v) is 8.61. The van der Waals surface area contributed by atoms with Crippen molar-refractivity contribution < 1.29 is 4.79 Å². The molecular weight excluding hydrogens is 433 g/mol. The smallest absolute Gasteiger partial charge is 0.251 e. The van der Waals surface area contributed by atoms with Gasteiger partial charge in [0.2, 0.25) is 0 Å². The van der Waals surface area contributed by atoms with E-state index >= 15 is 0 Å². The summed E-state index contributed by atoms with van der Waals surface area (Å²) in [5.74, 6) is 1.20. The van der Waals surface area contributed by atoms with Crippen molar-refractivity contribution in [1.29, 1.82) is 0 Å². The van der Waals surface area contributed by atoms with Crippen LogP contribution in [0, 0.1) is 0 Å². The van der Waals surface area contributed by atoms with Crippen LogP contribution in [0.4, 0.5) is 0 Å². The Hall–Kier alpha value is -0.310. The molecule has 2 heterocycles. The van der Waals surface area contributed by atoms with Crippen LogP contribution in [-0.2, 0) is 6.54 Å². The molecule has 1 amide bonds. The van der Waals surface area contributed by atoms with Crippen molar-refractivity contribution in [2.75, 3.05) is 49.4 Å². The normalized spacial score (nSPS) is 18.6. The second-order valence-electron chi connectivity index (χ2n) is 6.39. The number of halogens is 1. The molecule has 2 aliphatic heterocycles. The lowest BCUT2D eigenvalue weighted by Gasteiger charge is -2.34. The number of thioether (sulfide) groups is 1. The number of nitrogens with one attached hydrogen (secondary N) is 1. The molecule has 24 heavy (non-hydrogen) atoms. The van der Waals surface area contributed by atoms with E-state index in [2.05, 4.69) is 43.8 Å². The van der Waals surface area contributed by atoms with Crippen LogP contribution in [-0.4, -0.2) is 65.2 Å². The molecule has 0 atom stereocenters. The summed E-state index contributed by atoms with van der Waals surface area (Å²) >= 11 is 4.36. The third kappa shape index (κ3) is 4.86. The minimum atomic E-state index is 0.0767. The van der Waals surface area contributed by atoms with Crippen LogP contribution < -0.4 is 5.32 Å². The van der Waals surface area contributed by atoms with Gasteiger partial charge in [0, 0.05) is 47.6 Å². The van der Waals surface area contributed by atoms with Gasteiger partial charge in [0.25, 0.3) is 5.91 Å². The summed E-state index contributed by atoms with van der Waals surface area (Å²) in [4.78, 5) is 18.2. The van der Waals surface area contributed by atoms with Crippen LogP contribution in [0.2, 0.25) is 0 Å². The van der Waals surface area contributed by atoms with Gasteiger partial charge >= 0.3 is 0 Å². The van der Waals surface area contributed by atoms with Gasteiger partial charge in [-0.1, -0.05) is 28.7 Å². The first-order chi connectivity index (χ1) is 11.8. The van der Waals surface area contributed by atoms with Crippen LogP contribution in [0.5, 0.6) is 0 Å². The Balaban J connectivity index is 1.36. The zero-order valence-corrected chi connectivity index (χ0v) is 17.1. The molecule has 3 rings (SSSR count). The minimum absolute atomic E-state index is 0.0767. The summed E-state index contributed by atoms with van der Waals surface area (Å²) in [6.07, 6.45) is 2.53. The predicted octanol–water partition coefficient (Wildman–Crippen LogP) is 2.85. The summed E-state index contributed by atoms with van der Waals surface area (Å²) in [6.45, 7) is 8.03. The van der Waals surface area contributed by atoms with Gasteiger partial charge in [-0.3, -0.25) is 4.79 Å². The van der Waals surface area contributed by atoms with E-state index in [9.17, 15) is 4.79 Å². The Morgan fingerprint density at radius 1 is 1.08 bits per heavy atom. The van der Waals surface area contributed by atoms with E-state index < -0.39 is 0 Å². The molecule has 2 aliphatic rings. The van der Waals surface area contributed by atoms with E-state index in [1.165, 1.54) is 67.0 Å². The number of hydrogen-bond donors (Lipinski definition) is 1. The van der Waals surface area contributed by atoms with Crippen molar-refractivity contribution in [3.8, 4) is 0 Å². The van der Waals surface area contributed by atoms with Crippen LogP contribution >= 0.6 is 34.4 Å². The average molecular weight is 459 g/mol. The largest absolute Gasteiger partial charge is 0.348 e. The molecule has 0 spiro atoms. The van der Waals surface area contributed by atoms with E-state index in [-0.39, 0.29) is 5.91 Å². The molecule has 4 nitrogen and oxygen atoms in total. The summed E-state index contributed by atoms with van der Waals surface area (Å²) < 4.78 is 1.26. The molecular formula is C18H26IN3OS. The first-order valence-corrected chi connectivity index (χ1v) is 11.3. The van der Waals surface area contributed by atoms with Crippen molar-refractivity contribution in [3.63, 3.8) is 0 Å². The van der Waals surface area contributed by atoms with E-state index in [1.54, 1.807) is 0 Å². The molecule has 132 valence electrons. The number of nitrogens with zero attached hydrogens (tertiary/aromatic N) is 2. The van der Waals surface area contributed by atoms with Gasteiger partial charge in [-0.25, -0.2) is 0 Å². The molecule has 1 aromatic rings. The lowest BCUT2D eigenvalue weighted by Crippen LogP contribution is -2.46. The lowest BCUT2D eigenvalue weighted by atomic mass is 10.1. The van der Waals surface area contributed by atoms with Gasteiger partial charge in [0.1, 0.15) is 0 Å². The Bertz CT molecular complexity index is 561. The van der Waals surface area contributed by atoms with E-state index in [0.717, 1.165) is 11.3 Å². The van der Waals surface area contributed by atoms with Crippen LogP contribution in [0.1, 0.15) is 28.8 Å². The summed E-state index contributed by atoms with van der Waals surface area (Å²) in [6, 6.07) is 6.08. The summed E-state index contributed by atoms with van der Waals surface area (Å²) in [5.41, 5.74) is 2.05. The topological polar surface area (TPSA) is 35.6 Å². The lowest BCUT2D eigenvalue weighted by molar-refractivity contribution is 0.0966. The van der Waals surface area contributed by atoms with Gasteiger partial charge in [-0.05, 0) is 49.4 Å². The Morgan fingerprint density at radius 2 is 1.79 bits per heavy atom. The minimum Gasteiger partial charge on any atom is -0.348 e. The molecule has 1 aromatic carbocycles. The summed E-state index contributed by atoms with van der Waals surface area (Å²) in [7, 11) is 0. The molecule has 6 heteroatoms. The highest BCUT2D eigenvalue weighted by atomic mass is 127. The zero-order chi connectivity index (χ0) is 16.8. The molecule has 0 bridgehead atoms. The standard InChI is InChI=1S/C18H26IN3OS/c19-6-2-7-21-9-11-22(12-10-21)8-3-13-24-17-5-1-4-15-16(17)14-20-18(15)23/h1,4-5H,2-3,6-14H2,(H,20,23). The van der Waals surface area contributed by atoms with Gasteiger partial charge in [-0.2, -0.15) is 0 Å². The number of benzene rings is 1. The number of alkyl halides is 1. The van der Waals surface area contributed by atoms with Crippen LogP contribution in [0.25, 0.3) is 0 Å². The average Bonchev–Trinajstić information content (AvgIpc) is 3.00. The first-order valence-electron chi connectivity index (χ1n) is 8.81. The van der Waals surface area contributed by atoms with E-state index in [4.69, 9.17) is 0 Å².